The average Bonchev–Trinajstić information content (AvgIpc) is 2.72. The number of benzene rings is 1. The van der Waals surface area contributed by atoms with E-state index < -0.39 is 0 Å². The predicted molar refractivity (Wildman–Crippen MR) is 83.5 cm³/mol. The number of aromatic nitrogens is 1. The zero-order chi connectivity index (χ0) is 14.7. The third kappa shape index (κ3) is 3.57. The quantitative estimate of drug-likeness (QED) is 0.890. The minimum absolute atomic E-state index is 0.113. The molecule has 5 heteroatoms. The molecule has 0 saturated heterocycles. The van der Waals surface area contributed by atoms with Crippen LogP contribution in [0.25, 0.3) is 0 Å². The first-order chi connectivity index (χ1) is 9.51. The van der Waals surface area contributed by atoms with Crippen molar-refractivity contribution >= 4 is 23.4 Å². The van der Waals surface area contributed by atoms with Gasteiger partial charge in [0.25, 0.3) is 5.22 Å². The molecule has 3 nitrogen and oxygen atoms in total. The van der Waals surface area contributed by atoms with Crippen molar-refractivity contribution in [1.29, 1.82) is 0 Å². The van der Waals surface area contributed by atoms with Gasteiger partial charge in [0, 0.05) is 16.0 Å². The fraction of sp³-hybridized carbons (Fsp3) is 0.400. The highest BCUT2D eigenvalue weighted by Gasteiger charge is 2.14. The van der Waals surface area contributed by atoms with Gasteiger partial charge in [-0.1, -0.05) is 24.6 Å². The molecule has 0 fully saturated rings. The first-order valence-electron chi connectivity index (χ1n) is 6.66. The summed E-state index contributed by atoms with van der Waals surface area (Å²) in [7, 11) is 0. The van der Waals surface area contributed by atoms with Crippen LogP contribution < -0.4 is 5.73 Å². The Bertz CT molecular complexity index is 578. The fourth-order valence-corrected chi connectivity index (χ4v) is 3.13. The molecule has 1 heterocycles. The van der Waals surface area contributed by atoms with E-state index in [4.69, 9.17) is 21.8 Å². The van der Waals surface area contributed by atoms with Gasteiger partial charge in [-0.2, -0.15) is 0 Å². The van der Waals surface area contributed by atoms with E-state index >= 15 is 0 Å². The number of nitrogens with zero attached hydrogens (tertiary/aromatic N) is 1. The first-order valence-corrected chi connectivity index (χ1v) is 7.85. The molecule has 2 N–H and O–H groups in total. The second-order valence-corrected chi connectivity index (χ2v) is 6.21. The molecular formula is C15H19ClN2OS. The standard InChI is InChI=1S/C15H19ClN2OS/c1-4-11(17)8-12-13(16)6-5-7-14(12)20-15-18-9(2)10(3)19-15/h5-7,11H,4,8,17H2,1-3H3. The van der Waals surface area contributed by atoms with Gasteiger partial charge < -0.3 is 10.2 Å². The molecule has 0 saturated carbocycles. The number of hydrogen-bond acceptors (Lipinski definition) is 4. The maximum Gasteiger partial charge on any atom is 0.261 e. The van der Waals surface area contributed by atoms with Crippen LogP contribution in [0.5, 0.6) is 0 Å². The summed E-state index contributed by atoms with van der Waals surface area (Å²) in [4.78, 5) is 5.46. The van der Waals surface area contributed by atoms with Crippen LogP contribution in [0.2, 0.25) is 5.02 Å². The molecule has 0 radical (unpaired) electrons. The summed E-state index contributed by atoms with van der Waals surface area (Å²) in [6.45, 7) is 5.93. The fourth-order valence-electron chi connectivity index (χ4n) is 1.82. The van der Waals surface area contributed by atoms with Crippen molar-refractivity contribution in [2.45, 2.75) is 49.8 Å². The van der Waals surface area contributed by atoms with Crippen molar-refractivity contribution in [2.75, 3.05) is 0 Å². The lowest BCUT2D eigenvalue weighted by atomic mass is 10.0. The molecule has 2 rings (SSSR count). The van der Waals surface area contributed by atoms with Crippen LogP contribution in [0.4, 0.5) is 0 Å². The molecule has 0 aliphatic heterocycles. The highest BCUT2D eigenvalue weighted by Crippen LogP contribution is 2.34. The highest BCUT2D eigenvalue weighted by molar-refractivity contribution is 7.99. The lowest BCUT2D eigenvalue weighted by Crippen LogP contribution is -2.21. The van der Waals surface area contributed by atoms with Crippen LogP contribution in [0.15, 0.2) is 32.7 Å². The maximum absolute atomic E-state index is 6.31. The Morgan fingerprint density at radius 3 is 2.75 bits per heavy atom. The number of halogens is 1. The third-order valence-corrected chi connectivity index (χ3v) is 4.58. The van der Waals surface area contributed by atoms with Gasteiger partial charge in [0.1, 0.15) is 5.76 Å². The second-order valence-electron chi connectivity index (χ2n) is 4.81. The first kappa shape index (κ1) is 15.4. The predicted octanol–water partition coefficient (Wildman–Crippen LogP) is 4.38. The van der Waals surface area contributed by atoms with Crippen molar-refractivity contribution in [3.63, 3.8) is 0 Å². The molecule has 1 atom stereocenters. The van der Waals surface area contributed by atoms with E-state index in [-0.39, 0.29) is 6.04 Å². The van der Waals surface area contributed by atoms with Crippen molar-refractivity contribution in [3.05, 3.63) is 40.2 Å². The average molecular weight is 311 g/mol. The van der Waals surface area contributed by atoms with Crippen molar-refractivity contribution in [2.24, 2.45) is 5.73 Å². The van der Waals surface area contributed by atoms with Crippen molar-refractivity contribution in [1.82, 2.24) is 4.98 Å². The lowest BCUT2D eigenvalue weighted by Gasteiger charge is -2.13. The van der Waals surface area contributed by atoms with Gasteiger partial charge in [0.05, 0.1) is 5.69 Å². The van der Waals surface area contributed by atoms with Gasteiger partial charge in [0.2, 0.25) is 0 Å². The summed E-state index contributed by atoms with van der Waals surface area (Å²) in [5.41, 5.74) is 8.05. The molecule has 108 valence electrons. The summed E-state index contributed by atoms with van der Waals surface area (Å²) in [5, 5.41) is 1.40. The number of hydrogen-bond donors (Lipinski definition) is 1. The minimum atomic E-state index is 0.113. The molecule has 0 aliphatic carbocycles. The summed E-state index contributed by atoms with van der Waals surface area (Å²) in [6.07, 6.45) is 1.68. The largest absolute Gasteiger partial charge is 0.436 e. The van der Waals surface area contributed by atoms with Crippen LogP contribution in [-0.2, 0) is 6.42 Å². The summed E-state index contributed by atoms with van der Waals surface area (Å²) >= 11 is 7.81. The van der Waals surface area contributed by atoms with Crippen molar-refractivity contribution < 1.29 is 4.42 Å². The Morgan fingerprint density at radius 2 is 2.15 bits per heavy atom. The van der Waals surface area contributed by atoms with E-state index in [2.05, 4.69) is 11.9 Å². The van der Waals surface area contributed by atoms with Gasteiger partial charge in [0.15, 0.2) is 0 Å². The molecular weight excluding hydrogens is 292 g/mol. The molecule has 1 unspecified atom stereocenters. The number of aryl methyl sites for hydroxylation is 2. The minimum Gasteiger partial charge on any atom is -0.436 e. The van der Waals surface area contributed by atoms with Gasteiger partial charge in [-0.15, -0.1) is 0 Å². The molecule has 1 aromatic heterocycles. The van der Waals surface area contributed by atoms with E-state index in [1.54, 1.807) is 0 Å². The Morgan fingerprint density at radius 1 is 1.40 bits per heavy atom. The van der Waals surface area contributed by atoms with E-state index in [1.165, 1.54) is 11.8 Å². The van der Waals surface area contributed by atoms with Crippen LogP contribution in [-0.4, -0.2) is 11.0 Å². The monoisotopic (exact) mass is 310 g/mol. The van der Waals surface area contributed by atoms with Gasteiger partial charge in [-0.3, -0.25) is 0 Å². The Hall–Kier alpha value is -0.970. The van der Waals surface area contributed by atoms with Crippen LogP contribution in [0, 0.1) is 13.8 Å². The SMILES string of the molecule is CCC(N)Cc1c(Cl)cccc1Sc1nc(C)c(C)o1. The lowest BCUT2D eigenvalue weighted by molar-refractivity contribution is 0.431. The van der Waals surface area contributed by atoms with E-state index in [1.807, 2.05) is 32.0 Å². The summed E-state index contributed by atoms with van der Waals surface area (Å²) in [5.74, 6) is 0.848. The van der Waals surface area contributed by atoms with E-state index in [9.17, 15) is 0 Å². The Balaban J connectivity index is 2.28. The third-order valence-electron chi connectivity index (χ3n) is 3.27. The van der Waals surface area contributed by atoms with Crippen LogP contribution >= 0.6 is 23.4 Å². The summed E-state index contributed by atoms with van der Waals surface area (Å²) < 4.78 is 5.62. The molecule has 0 amide bonds. The number of oxazole rings is 1. The molecule has 0 spiro atoms. The van der Waals surface area contributed by atoms with Gasteiger partial charge in [-0.25, -0.2) is 4.98 Å². The highest BCUT2D eigenvalue weighted by atomic mass is 35.5. The molecule has 1 aromatic carbocycles. The molecule has 0 bridgehead atoms. The Kier molecular flexibility index (Phi) is 5.13. The maximum atomic E-state index is 6.31. The zero-order valence-corrected chi connectivity index (χ0v) is 13.5. The Labute approximate surface area is 128 Å². The second kappa shape index (κ2) is 6.66. The topological polar surface area (TPSA) is 52.0 Å². The molecule has 0 aliphatic rings. The van der Waals surface area contributed by atoms with Gasteiger partial charge in [-0.05, 0) is 56.1 Å². The smallest absolute Gasteiger partial charge is 0.261 e. The van der Waals surface area contributed by atoms with Crippen LogP contribution in [0.3, 0.4) is 0 Å². The van der Waals surface area contributed by atoms with E-state index in [0.29, 0.717) is 5.22 Å². The molecule has 20 heavy (non-hydrogen) atoms. The zero-order valence-electron chi connectivity index (χ0n) is 11.9. The molecule has 2 aromatic rings. The van der Waals surface area contributed by atoms with Gasteiger partial charge >= 0.3 is 0 Å². The number of rotatable bonds is 5. The number of nitrogens with two attached hydrogens (primary N) is 1. The van der Waals surface area contributed by atoms with Crippen molar-refractivity contribution in [3.8, 4) is 0 Å². The van der Waals surface area contributed by atoms with E-state index in [0.717, 1.165) is 39.8 Å². The normalized spacial score (nSPS) is 12.7. The van der Waals surface area contributed by atoms with Crippen LogP contribution in [0.1, 0.15) is 30.4 Å². The summed E-state index contributed by atoms with van der Waals surface area (Å²) in [6, 6.07) is 5.98.